The molecular weight excluding hydrogens is 328 g/mol. The zero-order valence-electron chi connectivity index (χ0n) is 14.0. The molecule has 4 nitrogen and oxygen atoms in total. The Hall–Kier alpha value is -2.92. The van der Waals surface area contributed by atoms with Gasteiger partial charge in [0, 0.05) is 12.2 Å². The third-order valence-electron chi connectivity index (χ3n) is 3.64. The van der Waals surface area contributed by atoms with E-state index in [9.17, 15) is 0 Å². The Morgan fingerprint density at radius 3 is 2.32 bits per heavy atom. The van der Waals surface area contributed by atoms with E-state index in [1.807, 2.05) is 42.5 Å². The van der Waals surface area contributed by atoms with E-state index in [4.69, 9.17) is 12.2 Å². The van der Waals surface area contributed by atoms with E-state index in [2.05, 4.69) is 52.1 Å². The summed E-state index contributed by atoms with van der Waals surface area (Å²) in [5.41, 5.74) is 4.27. The molecule has 0 radical (unpaired) electrons. The number of hydrogen-bond acceptors (Lipinski definition) is 3. The molecule has 1 heterocycles. The van der Waals surface area contributed by atoms with E-state index >= 15 is 0 Å². The Morgan fingerprint density at radius 2 is 1.64 bits per heavy atom. The van der Waals surface area contributed by atoms with E-state index in [1.54, 1.807) is 6.20 Å². The van der Waals surface area contributed by atoms with E-state index in [0.29, 0.717) is 11.7 Å². The van der Waals surface area contributed by atoms with Crippen LogP contribution in [-0.4, -0.2) is 10.1 Å². The van der Waals surface area contributed by atoms with E-state index in [0.717, 1.165) is 17.2 Å². The first-order valence-corrected chi connectivity index (χ1v) is 8.48. The maximum atomic E-state index is 5.32. The van der Waals surface area contributed by atoms with Crippen LogP contribution in [0.25, 0.3) is 0 Å². The normalized spacial score (nSPS) is 10.1. The van der Waals surface area contributed by atoms with Crippen LogP contribution < -0.4 is 16.0 Å². The van der Waals surface area contributed by atoms with Crippen LogP contribution >= 0.6 is 12.2 Å². The van der Waals surface area contributed by atoms with Crippen LogP contribution in [0.15, 0.2) is 72.9 Å². The van der Waals surface area contributed by atoms with Gasteiger partial charge < -0.3 is 16.0 Å². The number of benzene rings is 2. The van der Waals surface area contributed by atoms with Crippen LogP contribution in [-0.2, 0) is 6.54 Å². The van der Waals surface area contributed by atoms with Crippen molar-refractivity contribution >= 4 is 34.5 Å². The molecule has 126 valence electrons. The smallest absolute Gasteiger partial charge is 0.171 e. The van der Waals surface area contributed by atoms with Gasteiger partial charge in [0.05, 0.1) is 11.9 Å². The van der Waals surface area contributed by atoms with Crippen molar-refractivity contribution in [2.75, 3.05) is 10.6 Å². The molecule has 0 aliphatic carbocycles. The van der Waals surface area contributed by atoms with Crippen LogP contribution in [0.2, 0.25) is 0 Å². The molecule has 0 unspecified atom stereocenters. The van der Waals surface area contributed by atoms with Crippen LogP contribution in [0.1, 0.15) is 11.1 Å². The molecule has 0 amide bonds. The predicted octanol–water partition coefficient (Wildman–Crippen LogP) is 4.62. The van der Waals surface area contributed by atoms with Gasteiger partial charge >= 0.3 is 0 Å². The molecule has 0 saturated heterocycles. The zero-order valence-corrected chi connectivity index (χ0v) is 14.8. The van der Waals surface area contributed by atoms with Crippen molar-refractivity contribution in [3.63, 3.8) is 0 Å². The molecule has 5 heteroatoms. The standard InChI is InChI=1S/C20H20N4S/c1-15-7-9-17(10-8-15)23-19-12-11-18(14-21-19)24-20(25)22-13-16-5-3-2-4-6-16/h2-12,14H,13H2,1H3,(H,21,23)(H2,22,24,25). The number of nitrogens with zero attached hydrogens (tertiary/aromatic N) is 1. The van der Waals surface area contributed by atoms with Crippen molar-refractivity contribution in [1.82, 2.24) is 10.3 Å². The van der Waals surface area contributed by atoms with Gasteiger partial charge in [-0.2, -0.15) is 0 Å². The van der Waals surface area contributed by atoms with Crippen molar-refractivity contribution in [3.8, 4) is 0 Å². The highest BCUT2D eigenvalue weighted by molar-refractivity contribution is 7.80. The molecule has 0 bridgehead atoms. The van der Waals surface area contributed by atoms with Gasteiger partial charge in [-0.3, -0.25) is 0 Å². The number of hydrogen-bond donors (Lipinski definition) is 3. The Kier molecular flexibility index (Phi) is 5.59. The van der Waals surface area contributed by atoms with Crippen LogP contribution in [0.5, 0.6) is 0 Å². The first-order chi connectivity index (χ1) is 12.2. The minimum absolute atomic E-state index is 0.574. The summed E-state index contributed by atoms with van der Waals surface area (Å²) in [5.74, 6) is 0.789. The van der Waals surface area contributed by atoms with Gasteiger partial charge in [-0.25, -0.2) is 4.98 Å². The highest BCUT2D eigenvalue weighted by atomic mass is 32.1. The third kappa shape index (κ3) is 5.29. The third-order valence-corrected chi connectivity index (χ3v) is 3.89. The lowest BCUT2D eigenvalue weighted by molar-refractivity contribution is 0.926. The lowest BCUT2D eigenvalue weighted by Gasteiger charge is -2.11. The minimum Gasteiger partial charge on any atom is -0.358 e. The fraction of sp³-hybridized carbons (Fsp3) is 0.100. The van der Waals surface area contributed by atoms with Gasteiger partial charge in [-0.1, -0.05) is 48.0 Å². The largest absolute Gasteiger partial charge is 0.358 e. The molecule has 0 aliphatic rings. The maximum Gasteiger partial charge on any atom is 0.171 e. The van der Waals surface area contributed by atoms with Gasteiger partial charge in [0.2, 0.25) is 0 Å². The highest BCUT2D eigenvalue weighted by Crippen LogP contribution is 2.16. The summed E-state index contributed by atoms with van der Waals surface area (Å²) < 4.78 is 0. The maximum absolute atomic E-state index is 5.32. The molecule has 0 atom stereocenters. The SMILES string of the molecule is Cc1ccc(Nc2ccc(NC(=S)NCc3ccccc3)cn2)cc1. The number of nitrogens with one attached hydrogen (secondary N) is 3. The Labute approximate surface area is 153 Å². The quantitative estimate of drug-likeness (QED) is 0.587. The molecule has 0 aliphatic heterocycles. The first-order valence-electron chi connectivity index (χ1n) is 8.07. The fourth-order valence-electron chi connectivity index (χ4n) is 2.28. The Bertz CT molecular complexity index is 815. The molecule has 0 saturated carbocycles. The summed E-state index contributed by atoms with van der Waals surface area (Å²) in [6.45, 7) is 2.75. The average molecular weight is 348 g/mol. The van der Waals surface area contributed by atoms with E-state index in [-0.39, 0.29) is 0 Å². The van der Waals surface area contributed by atoms with Crippen LogP contribution in [0.4, 0.5) is 17.2 Å². The van der Waals surface area contributed by atoms with Gasteiger partial charge in [-0.05, 0) is 49.0 Å². The molecule has 2 aromatic carbocycles. The summed E-state index contributed by atoms with van der Waals surface area (Å²) in [6.07, 6.45) is 1.76. The molecule has 0 spiro atoms. The van der Waals surface area contributed by atoms with Crippen molar-refractivity contribution in [2.45, 2.75) is 13.5 Å². The minimum atomic E-state index is 0.574. The topological polar surface area (TPSA) is 49.0 Å². The molecule has 3 rings (SSSR count). The Balaban J connectivity index is 1.51. The monoisotopic (exact) mass is 348 g/mol. The van der Waals surface area contributed by atoms with Crippen molar-refractivity contribution < 1.29 is 0 Å². The number of aryl methyl sites for hydroxylation is 1. The average Bonchev–Trinajstić information content (AvgIpc) is 2.64. The van der Waals surface area contributed by atoms with Crippen molar-refractivity contribution in [2.24, 2.45) is 0 Å². The first kappa shape index (κ1) is 16.9. The second-order valence-corrected chi connectivity index (χ2v) is 6.12. The summed E-state index contributed by atoms with van der Waals surface area (Å²) in [7, 11) is 0. The van der Waals surface area contributed by atoms with E-state index in [1.165, 1.54) is 11.1 Å². The Morgan fingerprint density at radius 1 is 0.920 bits per heavy atom. The number of thiocarbonyl (C=S) groups is 1. The number of rotatable bonds is 5. The molecule has 3 aromatic rings. The van der Waals surface area contributed by atoms with Gasteiger partial charge in [0.25, 0.3) is 0 Å². The van der Waals surface area contributed by atoms with Gasteiger partial charge in [0.1, 0.15) is 5.82 Å². The van der Waals surface area contributed by atoms with Crippen molar-refractivity contribution in [1.29, 1.82) is 0 Å². The molecule has 25 heavy (non-hydrogen) atoms. The number of pyridine rings is 1. The van der Waals surface area contributed by atoms with Gasteiger partial charge in [-0.15, -0.1) is 0 Å². The molecule has 3 N–H and O–H groups in total. The summed E-state index contributed by atoms with van der Waals surface area (Å²) >= 11 is 5.32. The van der Waals surface area contributed by atoms with Crippen LogP contribution in [0, 0.1) is 6.92 Å². The summed E-state index contributed by atoms with van der Waals surface area (Å²) in [5, 5.41) is 10.2. The number of anilines is 3. The fourth-order valence-corrected chi connectivity index (χ4v) is 2.47. The summed E-state index contributed by atoms with van der Waals surface area (Å²) in [4.78, 5) is 4.41. The highest BCUT2D eigenvalue weighted by Gasteiger charge is 2.00. The molecule has 1 aromatic heterocycles. The van der Waals surface area contributed by atoms with Crippen molar-refractivity contribution in [3.05, 3.63) is 84.1 Å². The second kappa shape index (κ2) is 8.26. The lowest BCUT2D eigenvalue weighted by atomic mass is 10.2. The lowest BCUT2D eigenvalue weighted by Crippen LogP contribution is -2.27. The number of aromatic nitrogens is 1. The van der Waals surface area contributed by atoms with Crippen LogP contribution in [0.3, 0.4) is 0 Å². The van der Waals surface area contributed by atoms with Gasteiger partial charge in [0.15, 0.2) is 5.11 Å². The van der Waals surface area contributed by atoms with E-state index < -0.39 is 0 Å². The molecular formula is C20H20N4S. The summed E-state index contributed by atoms with van der Waals surface area (Å²) in [6, 6.07) is 22.2. The zero-order chi connectivity index (χ0) is 17.5. The molecule has 0 fully saturated rings. The predicted molar refractivity (Wildman–Crippen MR) is 108 cm³/mol. The second-order valence-electron chi connectivity index (χ2n) is 5.72.